The number of fused-ring (bicyclic) bond motifs is 2. The molecule has 2 aliphatic heterocycles. The van der Waals surface area contributed by atoms with Crippen molar-refractivity contribution in [3.8, 4) is 28.8 Å². The van der Waals surface area contributed by atoms with E-state index in [1.165, 1.54) is 19.3 Å². The third kappa shape index (κ3) is 3.98. The molecule has 0 bridgehead atoms. The summed E-state index contributed by atoms with van der Waals surface area (Å²) in [7, 11) is 1.40. The summed E-state index contributed by atoms with van der Waals surface area (Å²) in [6, 6.07) is 6.24. The Kier molecular flexibility index (Phi) is 5.87. The molecule has 4 heterocycles. The number of nitrogens with zero attached hydrogens (tertiary/aromatic N) is 2. The number of amides is 2. The number of benzene rings is 1. The lowest BCUT2D eigenvalue weighted by molar-refractivity contribution is -0.126. The average Bonchev–Trinajstić information content (AvgIpc) is 3.46. The fourth-order valence-electron chi connectivity index (χ4n) is 5.51. The van der Waals surface area contributed by atoms with Gasteiger partial charge in [0.2, 0.25) is 5.91 Å². The van der Waals surface area contributed by atoms with Crippen LogP contribution in [0.5, 0.6) is 5.75 Å². The molecule has 3 atom stereocenters. The van der Waals surface area contributed by atoms with Gasteiger partial charge >= 0.3 is 0 Å². The minimum absolute atomic E-state index is 0.0477. The van der Waals surface area contributed by atoms with Gasteiger partial charge in [-0.1, -0.05) is 24.5 Å². The molecular weight excluding hydrogens is 485 g/mol. The molecule has 2 amide bonds. The summed E-state index contributed by atoms with van der Waals surface area (Å²) in [6.07, 6.45) is 6.36. The van der Waals surface area contributed by atoms with E-state index in [1.807, 2.05) is 6.07 Å². The highest BCUT2D eigenvalue weighted by Gasteiger charge is 2.53. The maximum Gasteiger partial charge on any atom is 0.255 e. The summed E-state index contributed by atoms with van der Waals surface area (Å²) in [5.41, 5.74) is 4.15. The molecular formula is C29H26FN5O3. The zero-order valence-electron chi connectivity index (χ0n) is 20.8. The first-order valence-corrected chi connectivity index (χ1v) is 12.5. The predicted molar refractivity (Wildman–Crippen MR) is 140 cm³/mol. The van der Waals surface area contributed by atoms with E-state index >= 15 is 0 Å². The lowest BCUT2D eigenvalue weighted by Gasteiger charge is -2.22. The summed E-state index contributed by atoms with van der Waals surface area (Å²) < 4.78 is 19.8. The molecule has 9 heteroatoms. The number of anilines is 2. The SMILES string of the molecule is C=CC(=O)N1CC2C[C@@H]2[C@@H]1C#Cc1cnccc1-c1[nH]c2c(c1Nc1cccc(F)c1OC)C(=O)NCC2. The summed E-state index contributed by atoms with van der Waals surface area (Å²) >= 11 is 0. The minimum Gasteiger partial charge on any atom is -0.492 e. The van der Waals surface area contributed by atoms with Crippen LogP contribution in [-0.2, 0) is 11.2 Å². The van der Waals surface area contributed by atoms with E-state index < -0.39 is 5.82 Å². The number of aromatic amines is 1. The van der Waals surface area contributed by atoms with Crippen LogP contribution in [0.1, 0.15) is 28.0 Å². The number of H-pyrrole nitrogens is 1. The van der Waals surface area contributed by atoms with Gasteiger partial charge in [0.1, 0.15) is 0 Å². The number of ether oxygens (including phenoxy) is 1. The summed E-state index contributed by atoms with van der Waals surface area (Å²) in [5.74, 6) is 6.65. The number of para-hydroxylation sites is 1. The minimum atomic E-state index is -0.517. The second kappa shape index (κ2) is 9.38. The van der Waals surface area contributed by atoms with Crippen LogP contribution in [0, 0.1) is 29.5 Å². The first-order chi connectivity index (χ1) is 18.5. The monoisotopic (exact) mass is 511 g/mol. The number of likely N-dealkylation sites (tertiary alicyclic amines) is 1. The number of pyridine rings is 1. The molecule has 3 aliphatic rings. The van der Waals surface area contributed by atoms with Gasteiger partial charge in [0.25, 0.3) is 5.91 Å². The molecule has 38 heavy (non-hydrogen) atoms. The van der Waals surface area contributed by atoms with E-state index in [-0.39, 0.29) is 23.6 Å². The molecule has 0 radical (unpaired) electrons. The highest BCUT2D eigenvalue weighted by molar-refractivity contribution is 6.06. The van der Waals surface area contributed by atoms with Crippen molar-refractivity contribution in [3.63, 3.8) is 0 Å². The number of halogens is 1. The lowest BCUT2D eigenvalue weighted by Crippen LogP contribution is -2.36. The fraction of sp³-hybridized carbons (Fsp3) is 0.276. The first kappa shape index (κ1) is 23.8. The smallest absolute Gasteiger partial charge is 0.255 e. The second-order valence-electron chi connectivity index (χ2n) is 9.67. The summed E-state index contributed by atoms with van der Waals surface area (Å²) in [4.78, 5) is 34.8. The Balaban J connectivity index is 1.44. The molecule has 1 saturated heterocycles. The predicted octanol–water partition coefficient (Wildman–Crippen LogP) is 3.64. The van der Waals surface area contributed by atoms with Crippen molar-refractivity contribution in [1.29, 1.82) is 0 Å². The molecule has 2 aromatic heterocycles. The molecule has 6 rings (SSSR count). The zero-order valence-corrected chi connectivity index (χ0v) is 20.8. The van der Waals surface area contributed by atoms with Crippen molar-refractivity contribution < 1.29 is 18.7 Å². The van der Waals surface area contributed by atoms with Gasteiger partial charge < -0.3 is 25.3 Å². The van der Waals surface area contributed by atoms with Crippen LogP contribution in [-0.4, -0.2) is 52.9 Å². The number of hydrogen-bond donors (Lipinski definition) is 3. The molecule has 0 spiro atoms. The summed E-state index contributed by atoms with van der Waals surface area (Å²) in [5, 5.41) is 6.13. The quantitative estimate of drug-likeness (QED) is 0.359. The van der Waals surface area contributed by atoms with Gasteiger partial charge in [-0.2, -0.15) is 0 Å². The normalized spacial score (nSPS) is 20.9. The van der Waals surface area contributed by atoms with Crippen LogP contribution < -0.4 is 15.4 Å². The third-order valence-electron chi connectivity index (χ3n) is 7.45. The first-order valence-electron chi connectivity index (χ1n) is 12.5. The molecule has 3 N–H and O–H groups in total. The van der Waals surface area contributed by atoms with Gasteiger partial charge in [-0.05, 0) is 42.5 Å². The maximum absolute atomic E-state index is 14.5. The fourth-order valence-corrected chi connectivity index (χ4v) is 5.51. The molecule has 192 valence electrons. The number of nitrogens with one attached hydrogen (secondary N) is 3. The van der Waals surface area contributed by atoms with Crippen molar-refractivity contribution in [2.45, 2.75) is 18.9 Å². The van der Waals surface area contributed by atoms with E-state index in [2.05, 4.69) is 39.0 Å². The highest BCUT2D eigenvalue weighted by atomic mass is 19.1. The number of aromatic nitrogens is 2. The van der Waals surface area contributed by atoms with Gasteiger partial charge in [-0.3, -0.25) is 14.6 Å². The Labute approximate surface area is 219 Å². The standard InChI is InChI=1S/C29H26FN5O3/c1-3-24(36)35-15-17-13-19(17)23(35)8-7-16-14-31-11-9-18(16)26-27(25-21(33-26)10-12-32-29(25)37)34-22-6-4-5-20(30)28(22)38-2/h3-6,9,11,14,17,19,23,33-34H,1,10,12-13,15H2,2H3,(H,32,37)/t17?,19-,23-/m0/s1. The molecule has 8 nitrogen and oxygen atoms in total. The van der Waals surface area contributed by atoms with Crippen molar-refractivity contribution >= 4 is 23.2 Å². The van der Waals surface area contributed by atoms with Crippen LogP contribution in [0.4, 0.5) is 15.8 Å². The average molecular weight is 512 g/mol. The Bertz CT molecular complexity index is 1530. The second-order valence-corrected chi connectivity index (χ2v) is 9.67. The Morgan fingerprint density at radius 3 is 3.05 bits per heavy atom. The van der Waals surface area contributed by atoms with E-state index in [0.29, 0.717) is 59.5 Å². The molecule has 3 aromatic rings. The topological polar surface area (TPSA) is 99.3 Å². The summed E-state index contributed by atoms with van der Waals surface area (Å²) in [6.45, 7) is 4.84. The number of piperidine rings is 1. The van der Waals surface area contributed by atoms with Crippen molar-refractivity contribution in [3.05, 3.63) is 72.0 Å². The van der Waals surface area contributed by atoms with Crippen molar-refractivity contribution in [1.82, 2.24) is 20.2 Å². The number of carbonyl (C=O) groups is 2. The van der Waals surface area contributed by atoms with Crippen LogP contribution in [0.2, 0.25) is 0 Å². The molecule has 1 aliphatic carbocycles. The largest absolute Gasteiger partial charge is 0.492 e. The lowest BCUT2D eigenvalue weighted by atomic mass is 10.0. The van der Waals surface area contributed by atoms with E-state index in [0.717, 1.165) is 17.7 Å². The number of rotatable bonds is 5. The Morgan fingerprint density at radius 1 is 1.37 bits per heavy atom. The van der Waals surface area contributed by atoms with E-state index in [4.69, 9.17) is 4.74 Å². The maximum atomic E-state index is 14.5. The Hall–Kier alpha value is -4.58. The van der Waals surface area contributed by atoms with Crippen LogP contribution in [0.3, 0.4) is 0 Å². The molecule has 1 aromatic carbocycles. The molecule has 2 fully saturated rings. The van der Waals surface area contributed by atoms with Gasteiger partial charge in [0.05, 0.1) is 41.3 Å². The molecule has 1 unspecified atom stereocenters. The number of methoxy groups -OCH3 is 1. The van der Waals surface area contributed by atoms with E-state index in [1.54, 1.807) is 29.4 Å². The van der Waals surface area contributed by atoms with Gasteiger partial charge in [-0.15, -0.1) is 0 Å². The number of carbonyl (C=O) groups excluding carboxylic acids is 2. The van der Waals surface area contributed by atoms with Gasteiger partial charge in [0, 0.05) is 43.2 Å². The highest BCUT2D eigenvalue weighted by Crippen LogP contribution is 2.49. The zero-order chi connectivity index (χ0) is 26.4. The van der Waals surface area contributed by atoms with Crippen LogP contribution in [0.25, 0.3) is 11.3 Å². The Morgan fingerprint density at radius 2 is 2.24 bits per heavy atom. The van der Waals surface area contributed by atoms with Crippen LogP contribution >= 0.6 is 0 Å². The van der Waals surface area contributed by atoms with Crippen molar-refractivity contribution in [2.75, 3.05) is 25.5 Å². The van der Waals surface area contributed by atoms with E-state index in [9.17, 15) is 14.0 Å². The molecule has 1 saturated carbocycles. The van der Waals surface area contributed by atoms with Gasteiger partial charge in [0.15, 0.2) is 11.6 Å². The van der Waals surface area contributed by atoms with Crippen LogP contribution in [0.15, 0.2) is 49.3 Å². The van der Waals surface area contributed by atoms with Crippen molar-refractivity contribution in [2.24, 2.45) is 11.8 Å². The number of hydrogen-bond acceptors (Lipinski definition) is 5. The third-order valence-corrected chi connectivity index (χ3v) is 7.45. The van der Waals surface area contributed by atoms with Gasteiger partial charge in [-0.25, -0.2) is 4.39 Å².